The van der Waals surface area contributed by atoms with Crippen molar-refractivity contribution in [2.75, 3.05) is 0 Å². The Kier molecular flexibility index (Phi) is 8.19. The van der Waals surface area contributed by atoms with Crippen LogP contribution in [0.2, 0.25) is 0 Å². The van der Waals surface area contributed by atoms with Gasteiger partial charge in [0.05, 0.1) is 0 Å². The summed E-state index contributed by atoms with van der Waals surface area (Å²) < 4.78 is 36.3. The van der Waals surface area contributed by atoms with Crippen molar-refractivity contribution in [3.63, 3.8) is 0 Å². The van der Waals surface area contributed by atoms with E-state index in [4.69, 9.17) is 18.6 Å². The average molecular weight is 474 g/mol. The van der Waals surface area contributed by atoms with E-state index in [-0.39, 0.29) is 0 Å². The third kappa shape index (κ3) is 6.52. The molecule has 0 N–H and O–H groups in total. The molecule has 0 radical (unpaired) electrons. The van der Waals surface area contributed by atoms with Crippen molar-refractivity contribution in [2.24, 2.45) is 7.05 Å². The van der Waals surface area contributed by atoms with Gasteiger partial charge in [-0.15, -0.1) is 10.2 Å². The summed E-state index contributed by atoms with van der Waals surface area (Å²) in [6, 6.07) is 31.3. The molecule has 5 nitrogen and oxygen atoms in total. The van der Waals surface area contributed by atoms with E-state index in [0.29, 0.717) is 0 Å². The second-order valence-corrected chi connectivity index (χ2v) is 8.36. The molecular weight excluding hydrogens is 450 g/mol. The van der Waals surface area contributed by atoms with Gasteiger partial charge >= 0.3 is 0 Å². The van der Waals surface area contributed by atoms with Crippen molar-refractivity contribution in [1.82, 2.24) is 0 Å². The molecule has 0 unspecified atom stereocenters. The third-order valence-corrected chi connectivity index (χ3v) is 5.33. The topological polar surface area (TPSA) is 96.1 Å². The number of pyridine rings is 1. The maximum absolute atomic E-state index is 8.49. The van der Waals surface area contributed by atoms with Crippen LogP contribution in [0.15, 0.2) is 91.0 Å². The molecule has 0 fully saturated rings. The van der Waals surface area contributed by atoms with E-state index in [9.17, 15) is 0 Å². The fourth-order valence-corrected chi connectivity index (χ4v) is 3.99. The highest BCUT2D eigenvalue weighted by Crippen LogP contribution is 2.30. The summed E-state index contributed by atoms with van der Waals surface area (Å²) in [7, 11) is -2.79. The zero-order valence-electron chi connectivity index (χ0n) is 19.1. The van der Waals surface area contributed by atoms with Crippen LogP contribution in [-0.4, -0.2) is 0 Å². The van der Waals surface area contributed by atoms with E-state index >= 15 is 0 Å². The molecule has 3 aromatic carbocycles. The SMILES string of the molecule is Cc1c(C#Cc2ccccc2)c(C)c(-c2ccccc2)[n+](C)c1-c1ccccc1.[O-][Cl+3]([O-])([O-])[O-]. The van der Waals surface area contributed by atoms with Gasteiger partial charge in [-0.2, -0.15) is 4.57 Å². The predicted molar refractivity (Wildman–Crippen MR) is 120 cm³/mol. The van der Waals surface area contributed by atoms with Gasteiger partial charge in [-0.05, 0) is 50.2 Å². The highest BCUT2D eigenvalue weighted by molar-refractivity contribution is 5.71. The highest BCUT2D eigenvalue weighted by atomic mass is 35.7. The maximum Gasteiger partial charge on any atom is 0.216 e. The first kappa shape index (κ1) is 25.1. The molecule has 34 heavy (non-hydrogen) atoms. The average Bonchev–Trinajstić information content (AvgIpc) is 2.80. The van der Waals surface area contributed by atoms with Gasteiger partial charge < -0.3 is 0 Å². The van der Waals surface area contributed by atoms with Gasteiger partial charge in [0.1, 0.15) is 7.05 Å². The first-order valence-electron chi connectivity index (χ1n) is 10.5. The lowest BCUT2D eigenvalue weighted by molar-refractivity contribution is -2.00. The van der Waals surface area contributed by atoms with Crippen LogP contribution < -0.4 is 23.2 Å². The van der Waals surface area contributed by atoms with Crippen LogP contribution in [0.4, 0.5) is 0 Å². The number of benzene rings is 3. The van der Waals surface area contributed by atoms with Crippen molar-refractivity contribution >= 4 is 0 Å². The normalized spacial score (nSPS) is 10.6. The van der Waals surface area contributed by atoms with Crippen LogP contribution in [-0.2, 0) is 7.05 Å². The molecule has 4 aromatic rings. The molecule has 0 aliphatic rings. The van der Waals surface area contributed by atoms with Gasteiger partial charge in [0.15, 0.2) is 0 Å². The van der Waals surface area contributed by atoms with Gasteiger partial charge in [-0.25, -0.2) is 18.6 Å². The summed E-state index contributed by atoms with van der Waals surface area (Å²) in [4.78, 5) is 0. The van der Waals surface area contributed by atoms with E-state index in [1.54, 1.807) is 0 Å². The van der Waals surface area contributed by atoms with Gasteiger partial charge in [0.25, 0.3) is 0 Å². The summed E-state index contributed by atoms with van der Waals surface area (Å²) in [5.74, 6) is 6.84. The molecule has 0 bridgehead atoms. The quantitative estimate of drug-likeness (QED) is 0.322. The maximum atomic E-state index is 8.49. The fraction of sp³-hybridized carbons (Fsp3) is 0.107. The Morgan fingerprint density at radius 2 is 0.941 bits per heavy atom. The molecule has 0 saturated heterocycles. The number of aromatic nitrogens is 1. The van der Waals surface area contributed by atoms with Crippen molar-refractivity contribution < 1.29 is 33.4 Å². The molecule has 0 amide bonds. The van der Waals surface area contributed by atoms with Crippen LogP contribution in [0.5, 0.6) is 0 Å². The predicted octanol–water partition coefficient (Wildman–Crippen LogP) is 1.11. The summed E-state index contributed by atoms with van der Waals surface area (Å²) in [6.07, 6.45) is 0. The Morgan fingerprint density at radius 3 is 1.32 bits per heavy atom. The third-order valence-electron chi connectivity index (χ3n) is 5.33. The molecular formula is C28H24ClNO4. The standard InChI is InChI=1S/C28H24N.ClHO4/c1-21-26(20-19-23-13-7-4-8-14-23)22(2)28(25-17-11-6-12-18-25)29(3)27(21)24-15-9-5-10-16-24;2-1(3,4)5/h4-18H,1-3H3;(H,2,3,4,5)/q+1;/p-1. The Morgan fingerprint density at radius 1 is 0.588 bits per heavy atom. The van der Waals surface area contributed by atoms with Crippen LogP contribution in [0.1, 0.15) is 22.3 Å². The molecule has 6 heteroatoms. The number of halogens is 1. The van der Waals surface area contributed by atoms with Gasteiger partial charge in [0.2, 0.25) is 11.4 Å². The van der Waals surface area contributed by atoms with Gasteiger partial charge in [-0.3, -0.25) is 0 Å². The molecule has 172 valence electrons. The molecule has 4 rings (SSSR count). The summed E-state index contributed by atoms with van der Waals surface area (Å²) in [5.41, 5.74) is 9.35. The van der Waals surface area contributed by atoms with E-state index in [1.165, 1.54) is 33.6 Å². The van der Waals surface area contributed by atoms with Gasteiger partial charge in [-0.1, -0.05) is 66.4 Å². The number of hydrogen-bond donors (Lipinski definition) is 0. The zero-order valence-corrected chi connectivity index (χ0v) is 19.9. The zero-order chi connectivity index (χ0) is 24.7. The minimum absolute atomic E-state index is 1.03. The van der Waals surface area contributed by atoms with E-state index in [2.05, 4.69) is 110 Å². The van der Waals surface area contributed by atoms with Crippen molar-refractivity contribution in [2.45, 2.75) is 13.8 Å². The fourth-order valence-electron chi connectivity index (χ4n) is 3.99. The van der Waals surface area contributed by atoms with E-state index in [1.807, 2.05) is 18.2 Å². The molecule has 1 aromatic heterocycles. The van der Waals surface area contributed by atoms with Crippen molar-refractivity contribution in [3.8, 4) is 34.4 Å². The Labute approximate surface area is 201 Å². The summed E-state index contributed by atoms with van der Waals surface area (Å²) >= 11 is 0. The van der Waals surface area contributed by atoms with Crippen molar-refractivity contribution in [1.29, 1.82) is 0 Å². The van der Waals surface area contributed by atoms with E-state index in [0.717, 1.165) is 11.1 Å². The number of hydrogen-bond acceptors (Lipinski definition) is 4. The Hall–Kier alpha value is -3.50. The summed E-state index contributed by atoms with van der Waals surface area (Å²) in [5, 5.41) is 0. The second-order valence-electron chi connectivity index (χ2n) is 7.61. The first-order chi connectivity index (χ1) is 16.2. The van der Waals surface area contributed by atoms with Crippen LogP contribution in [0.3, 0.4) is 0 Å². The lowest BCUT2D eigenvalue weighted by atomic mass is 9.93. The largest absolute Gasteiger partial charge is 0.222 e. The monoisotopic (exact) mass is 473 g/mol. The molecule has 0 aliphatic carbocycles. The molecule has 0 atom stereocenters. The molecule has 0 aliphatic heterocycles. The Balaban J connectivity index is 0.000000588. The molecule has 0 saturated carbocycles. The van der Waals surface area contributed by atoms with E-state index < -0.39 is 10.2 Å². The minimum atomic E-state index is -4.94. The lowest BCUT2D eigenvalue weighted by Gasteiger charge is -2.17. The van der Waals surface area contributed by atoms with Crippen LogP contribution >= 0.6 is 0 Å². The van der Waals surface area contributed by atoms with Crippen molar-refractivity contribution in [3.05, 3.63) is 113 Å². The van der Waals surface area contributed by atoms with Gasteiger partial charge in [0, 0.05) is 33.4 Å². The molecule has 0 spiro atoms. The minimum Gasteiger partial charge on any atom is -0.222 e. The summed E-state index contributed by atoms with van der Waals surface area (Å²) in [6.45, 7) is 4.36. The first-order valence-corrected chi connectivity index (χ1v) is 11.7. The number of rotatable bonds is 2. The van der Waals surface area contributed by atoms with Crippen LogP contribution in [0, 0.1) is 35.9 Å². The smallest absolute Gasteiger partial charge is 0.216 e. The number of nitrogens with zero attached hydrogens (tertiary/aromatic N) is 1. The van der Waals surface area contributed by atoms with Crippen LogP contribution in [0.25, 0.3) is 22.5 Å². The molecule has 1 heterocycles. The second kappa shape index (κ2) is 11.1. The Bertz CT molecular complexity index is 1230. The highest BCUT2D eigenvalue weighted by Gasteiger charge is 2.25. The lowest BCUT2D eigenvalue weighted by Crippen LogP contribution is -2.68.